The monoisotopic (exact) mass is 302 g/mol. The zero-order valence-electron chi connectivity index (χ0n) is 11.2. The Bertz CT molecular complexity index is 488. The van der Waals surface area contributed by atoms with Gasteiger partial charge in [0.1, 0.15) is 0 Å². The van der Waals surface area contributed by atoms with Crippen LogP contribution in [0.4, 0.5) is 18.9 Å². The minimum absolute atomic E-state index is 0.0544. The van der Waals surface area contributed by atoms with Gasteiger partial charge in [0, 0.05) is 18.8 Å². The summed E-state index contributed by atoms with van der Waals surface area (Å²) < 4.78 is 38.3. The van der Waals surface area contributed by atoms with Gasteiger partial charge in [-0.2, -0.15) is 13.2 Å². The number of alkyl halides is 3. The van der Waals surface area contributed by atoms with Crippen molar-refractivity contribution in [3.8, 4) is 0 Å². The molecule has 6 heteroatoms. The SMILES string of the molecule is Cc1cccc(NC(=S)N2CCCC(C(F)(F)F)C2)c1. The van der Waals surface area contributed by atoms with Crippen molar-refractivity contribution in [3.63, 3.8) is 0 Å². The molecule has 1 fully saturated rings. The molecule has 0 bridgehead atoms. The van der Waals surface area contributed by atoms with Gasteiger partial charge in [-0.25, -0.2) is 0 Å². The van der Waals surface area contributed by atoms with Gasteiger partial charge < -0.3 is 10.2 Å². The highest BCUT2D eigenvalue weighted by atomic mass is 32.1. The van der Waals surface area contributed by atoms with Crippen LogP contribution < -0.4 is 5.32 Å². The number of halogens is 3. The molecule has 0 aliphatic carbocycles. The summed E-state index contributed by atoms with van der Waals surface area (Å²) in [6.07, 6.45) is -3.44. The highest BCUT2D eigenvalue weighted by Gasteiger charge is 2.42. The second-order valence-electron chi connectivity index (χ2n) is 5.13. The fourth-order valence-electron chi connectivity index (χ4n) is 2.35. The lowest BCUT2D eigenvalue weighted by Gasteiger charge is -2.35. The number of nitrogens with one attached hydrogen (secondary N) is 1. The molecule has 1 atom stereocenters. The minimum atomic E-state index is -4.14. The third-order valence-electron chi connectivity index (χ3n) is 3.44. The summed E-state index contributed by atoms with van der Waals surface area (Å²) in [5, 5.41) is 3.38. The van der Waals surface area contributed by atoms with Crippen molar-refractivity contribution >= 4 is 23.0 Å². The van der Waals surface area contributed by atoms with Gasteiger partial charge in [-0.05, 0) is 49.7 Å². The first-order chi connectivity index (χ1) is 9.36. The van der Waals surface area contributed by atoms with Crippen LogP contribution in [-0.4, -0.2) is 29.3 Å². The van der Waals surface area contributed by atoms with Gasteiger partial charge in [0.2, 0.25) is 0 Å². The zero-order chi connectivity index (χ0) is 14.8. The summed E-state index contributed by atoms with van der Waals surface area (Å²) in [5.74, 6) is -1.28. The van der Waals surface area contributed by atoms with Gasteiger partial charge in [-0.15, -0.1) is 0 Å². The molecule has 0 saturated carbocycles. The summed E-state index contributed by atoms with van der Waals surface area (Å²) in [5.41, 5.74) is 1.88. The molecule has 1 unspecified atom stereocenters. The van der Waals surface area contributed by atoms with Crippen LogP contribution >= 0.6 is 12.2 Å². The Kier molecular flexibility index (Phi) is 4.52. The summed E-state index contributed by atoms with van der Waals surface area (Å²) in [7, 11) is 0. The fourth-order valence-corrected chi connectivity index (χ4v) is 2.64. The topological polar surface area (TPSA) is 15.3 Å². The van der Waals surface area contributed by atoms with E-state index in [0.717, 1.165) is 11.3 Å². The van der Waals surface area contributed by atoms with Crippen molar-refractivity contribution in [1.82, 2.24) is 4.90 Å². The molecule has 1 heterocycles. The van der Waals surface area contributed by atoms with Crippen LogP contribution in [0.15, 0.2) is 24.3 Å². The molecule has 0 radical (unpaired) electrons. The Balaban J connectivity index is 1.99. The maximum atomic E-state index is 12.8. The minimum Gasteiger partial charge on any atom is -0.348 e. The van der Waals surface area contributed by atoms with Crippen molar-refractivity contribution in [2.45, 2.75) is 25.9 Å². The largest absolute Gasteiger partial charge is 0.393 e. The molecular formula is C14H17F3N2S. The number of rotatable bonds is 1. The molecule has 1 aromatic carbocycles. The highest BCUT2D eigenvalue weighted by Crippen LogP contribution is 2.33. The van der Waals surface area contributed by atoms with E-state index in [1.807, 2.05) is 31.2 Å². The van der Waals surface area contributed by atoms with Gasteiger partial charge in [0.25, 0.3) is 0 Å². The van der Waals surface area contributed by atoms with Gasteiger partial charge in [-0.1, -0.05) is 12.1 Å². The first kappa shape index (κ1) is 15.1. The fraction of sp³-hybridized carbons (Fsp3) is 0.500. The van der Waals surface area contributed by atoms with Crippen LogP contribution in [0.2, 0.25) is 0 Å². The predicted octanol–water partition coefficient (Wildman–Crippen LogP) is 3.97. The third-order valence-corrected chi connectivity index (χ3v) is 3.80. The molecule has 20 heavy (non-hydrogen) atoms. The van der Waals surface area contributed by atoms with E-state index in [4.69, 9.17) is 12.2 Å². The standard InChI is InChI=1S/C14H17F3N2S/c1-10-4-2-6-12(8-10)18-13(20)19-7-3-5-11(9-19)14(15,16)17/h2,4,6,8,11H,3,5,7,9H2,1H3,(H,18,20). The van der Waals surface area contributed by atoms with Crippen LogP contribution in [0, 0.1) is 12.8 Å². The van der Waals surface area contributed by atoms with Crippen LogP contribution in [0.1, 0.15) is 18.4 Å². The van der Waals surface area contributed by atoms with E-state index >= 15 is 0 Å². The van der Waals surface area contributed by atoms with Crippen LogP contribution in [0.5, 0.6) is 0 Å². The van der Waals surface area contributed by atoms with E-state index in [9.17, 15) is 13.2 Å². The van der Waals surface area contributed by atoms with Crippen LogP contribution in [-0.2, 0) is 0 Å². The number of aryl methyl sites for hydroxylation is 1. The number of nitrogens with zero attached hydrogens (tertiary/aromatic N) is 1. The van der Waals surface area contributed by atoms with E-state index in [1.54, 1.807) is 4.90 Å². The van der Waals surface area contributed by atoms with Crippen molar-refractivity contribution < 1.29 is 13.2 Å². The predicted molar refractivity (Wildman–Crippen MR) is 77.8 cm³/mol. The summed E-state index contributed by atoms with van der Waals surface area (Å²) >= 11 is 5.22. The summed E-state index contributed by atoms with van der Waals surface area (Å²) in [6, 6.07) is 7.60. The number of piperidine rings is 1. The maximum Gasteiger partial charge on any atom is 0.393 e. The zero-order valence-corrected chi connectivity index (χ0v) is 12.0. The molecule has 110 valence electrons. The van der Waals surface area contributed by atoms with E-state index in [1.165, 1.54) is 0 Å². The number of hydrogen-bond donors (Lipinski definition) is 1. The molecule has 2 nitrogen and oxygen atoms in total. The molecule has 1 N–H and O–H groups in total. The Morgan fingerprint density at radius 2 is 2.15 bits per heavy atom. The average Bonchev–Trinajstić information content (AvgIpc) is 2.38. The number of hydrogen-bond acceptors (Lipinski definition) is 1. The van der Waals surface area contributed by atoms with E-state index in [2.05, 4.69) is 5.32 Å². The summed E-state index contributed by atoms with van der Waals surface area (Å²) in [6.45, 7) is 2.47. The highest BCUT2D eigenvalue weighted by molar-refractivity contribution is 7.80. The first-order valence-electron chi connectivity index (χ1n) is 6.55. The van der Waals surface area contributed by atoms with Gasteiger partial charge in [-0.3, -0.25) is 0 Å². The van der Waals surface area contributed by atoms with Crippen molar-refractivity contribution in [3.05, 3.63) is 29.8 Å². The molecule has 0 amide bonds. The number of benzene rings is 1. The number of thiocarbonyl (C=S) groups is 1. The normalized spacial score (nSPS) is 19.8. The lowest BCUT2D eigenvalue weighted by atomic mass is 9.98. The molecule has 1 saturated heterocycles. The first-order valence-corrected chi connectivity index (χ1v) is 6.96. The number of anilines is 1. The van der Waals surface area contributed by atoms with Crippen molar-refractivity contribution in [1.29, 1.82) is 0 Å². The number of likely N-dealkylation sites (tertiary alicyclic amines) is 1. The van der Waals surface area contributed by atoms with Crippen molar-refractivity contribution in [2.75, 3.05) is 18.4 Å². The molecule has 2 rings (SSSR count). The molecule has 0 aromatic heterocycles. The average molecular weight is 302 g/mol. The molecule has 1 aliphatic rings. The molecule has 1 aromatic rings. The molecule has 0 spiro atoms. The Morgan fingerprint density at radius 1 is 1.40 bits per heavy atom. The van der Waals surface area contributed by atoms with E-state index in [-0.39, 0.29) is 13.0 Å². The molecular weight excluding hydrogens is 285 g/mol. The third kappa shape index (κ3) is 3.85. The lowest BCUT2D eigenvalue weighted by Crippen LogP contribution is -2.46. The van der Waals surface area contributed by atoms with Crippen LogP contribution in [0.3, 0.4) is 0 Å². The van der Waals surface area contributed by atoms with Crippen LogP contribution in [0.25, 0.3) is 0 Å². The Morgan fingerprint density at radius 3 is 2.80 bits per heavy atom. The summed E-state index contributed by atoms with van der Waals surface area (Å²) in [4.78, 5) is 1.61. The van der Waals surface area contributed by atoms with Crippen molar-refractivity contribution in [2.24, 2.45) is 5.92 Å². The quantitative estimate of drug-likeness (QED) is 0.790. The second kappa shape index (κ2) is 5.99. The second-order valence-corrected chi connectivity index (χ2v) is 5.51. The maximum absolute atomic E-state index is 12.8. The Hall–Kier alpha value is -1.30. The Labute approximate surface area is 122 Å². The van der Waals surface area contributed by atoms with Gasteiger partial charge in [0.05, 0.1) is 5.92 Å². The lowest BCUT2D eigenvalue weighted by molar-refractivity contribution is -0.183. The van der Waals surface area contributed by atoms with E-state index in [0.29, 0.717) is 18.1 Å². The van der Waals surface area contributed by atoms with Gasteiger partial charge >= 0.3 is 6.18 Å². The van der Waals surface area contributed by atoms with E-state index < -0.39 is 12.1 Å². The van der Waals surface area contributed by atoms with Gasteiger partial charge in [0.15, 0.2) is 5.11 Å². The molecule has 1 aliphatic heterocycles. The smallest absolute Gasteiger partial charge is 0.348 e.